The fraction of sp³-hybridized carbons (Fsp3) is 0.480. The normalized spacial score (nSPS) is 24.5. The number of nitrogens with two attached hydrogens (primary N) is 1. The van der Waals surface area contributed by atoms with E-state index in [1.54, 1.807) is 24.7 Å². The number of pyridine rings is 2. The van der Waals surface area contributed by atoms with Crippen molar-refractivity contribution in [2.24, 2.45) is 11.7 Å². The first-order valence-electron chi connectivity index (χ1n) is 11.9. The Kier molecular flexibility index (Phi) is 6.24. The average molecular weight is 465 g/mol. The van der Waals surface area contributed by atoms with Crippen molar-refractivity contribution in [2.75, 3.05) is 43.4 Å². The van der Waals surface area contributed by atoms with Crippen LogP contribution in [0.2, 0.25) is 0 Å². The molecule has 2 aliphatic heterocycles. The topological polar surface area (TPSA) is 121 Å². The molecule has 3 aromatic rings. The molecule has 2 aliphatic rings. The molecule has 0 radical (unpaired) electrons. The van der Waals surface area contributed by atoms with Gasteiger partial charge in [-0.25, -0.2) is 4.98 Å². The Morgan fingerprint density at radius 1 is 1.24 bits per heavy atom. The van der Waals surface area contributed by atoms with Gasteiger partial charge < -0.3 is 30.4 Å². The van der Waals surface area contributed by atoms with E-state index in [1.807, 2.05) is 19.1 Å². The molecule has 4 N–H and O–H groups in total. The Hall–Kier alpha value is -3.01. The van der Waals surface area contributed by atoms with Crippen LogP contribution in [0.15, 0.2) is 41.3 Å². The van der Waals surface area contributed by atoms with Gasteiger partial charge in [-0.2, -0.15) is 0 Å². The Morgan fingerprint density at radius 2 is 2.03 bits per heavy atom. The second-order valence-electron chi connectivity index (χ2n) is 9.70. The predicted octanol–water partition coefficient (Wildman–Crippen LogP) is 2.43. The fourth-order valence-electron chi connectivity index (χ4n) is 5.12. The number of nitrogens with one attached hydrogen (secondary N) is 1. The maximum Gasteiger partial charge on any atom is 0.274 e. The second kappa shape index (κ2) is 9.32. The first kappa shape index (κ1) is 22.8. The summed E-state index contributed by atoms with van der Waals surface area (Å²) in [5.74, 6) is 0.0959. The SMILES string of the molecule is CC1CN(c2ccncc2NC(=O)c2ccc3occ(C4CCN(C)CC4)c3n2)CC(N)C1O. The minimum absolute atomic E-state index is 0.0172. The van der Waals surface area contributed by atoms with Crippen molar-refractivity contribution in [3.63, 3.8) is 0 Å². The lowest BCUT2D eigenvalue weighted by Crippen LogP contribution is -2.55. The number of hydrogen-bond acceptors (Lipinski definition) is 8. The van der Waals surface area contributed by atoms with Gasteiger partial charge in [0.05, 0.1) is 29.9 Å². The molecule has 0 bridgehead atoms. The van der Waals surface area contributed by atoms with Crippen LogP contribution in [0.4, 0.5) is 11.4 Å². The molecule has 0 saturated carbocycles. The second-order valence-corrected chi connectivity index (χ2v) is 9.70. The lowest BCUT2D eigenvalue weighted by Gasteiger charge is -2.40. The standard InChI is InChI=1S/C25H32N6O3/c1-15-12-31(13-18(26)24(15)32)21-5-8-27-11-20(21)29-25(33)19-3-4-22-23(28-19)17(14-34-22)16-6-9-30(2)10-7-16/h3-5,8,11,14-16,18,24,32H,6-7,9-10,12-13,26H2,1-2H3,(H,29,33). The Bertz CT molecular complexity index is 1160. The van der Waals surface area contributed by atoms with Crippen molar-refractivity contribution >= 4 is 28.4 Å². The minimum atomic E-state index is -0.541. The summed E-state index contributed by atoms with van der Waals surface area (Å²) in [6.45, 7) is 5.19. The molecular formula is C25H32N6O3. The Morgan fingerprint density at radius 3 is 2.79 bits per heavy atom. The summed E-state index contributed by atoms with van der Waals surface area (Å²) in [4.78, 5) is 26.5. The summed E-state index contributed by atoms with van der Waals surface area (Å²) >= 11 is 0. The summed E-state index contributed by atoms with van der Waals surface area (Å²) in [6, 6.07) is 5.00. The Balaban J connectivity index is 1.38. The molecule has 0 aliphatic carbocycles. The largest absolute Gasteiger partial charge is 0.462 e. The van der Waals surface area contributed by atoms with Gasteiger partial charge >= 0.3 is 0 Å². The van der Waals surface area contributed by atoms with Crippen LogP contribution in [0.5, 0.6) is 0 Å². The quantitative estimate of drug-likeness (QED) is 0.538. The molecule has 9 heteroatoms. The van der Waals surface area contributed by atoms with Gasteiger partial charge in [0.1, 0.15) is 11.2 Å². The molecule has 2 fully saturated rings. The molecular weight excluding hydrogens is 432 g/mol. The zero-order valence-electron chi connectivity index (χ0n) is 19.6. The van der Waals surface area contributed by atoms with E-state index in [-0.39, 0.29) is 17.9 Å². The zero-order chi connectivity index (χ0) is 23.8. The zero-order valence-corrected chi connectivity index (χ0v) is 19.6. The molecule has 1 amide bonds. The molecule has 2 saturated heterocycles. The number of likely N-dealkylation sites (tertiary alicyclic amines) is 1. The van der Waals surface area contributed by atoms with Crippen molar-refractivity contribution in [1.29, 1.82) is 0 Å². The molecule has 0 aromatic carbocycles. The number of fused-ring (bicyclic) bond motifs is 1. The molecule has 5 heterocycles. The monoisotopic (exact) mass is 464 g/mol. The maximum atomic E-state index is 13.2. The molecule has 34 heavy (non-hydrogen) atoms. The van der Waals surface area contributed by atoms with Gasteiger partial charge in [-0.15, -0.1) is 0 Å². The number of nitrogens with zero attached hydrogens (tertiary/aromatic N) is 4. The maximum absolute atomic E-state index is 13.2. The number of carbonyl (C=O) groups is 1. The van der Waals surface area contributed by atoms with Crippen molar-refractivity contribution in [1.82, 2.24) is 14.9 Å². The van der Waals surface area contributed by atoms with Gasteiger partial charge in [-0.3, -0.25) is 9.78 Å². The highest BCUT2D eigenvalue weighted by atomic mass is 16.3. The van der Waals surface area contributed by atoms with Gasteiger partial charge in [0.25, 0.3) is 5.91 Å². The smallest absolute Gasteiger partial charge is 0.274 e. The van der Waals surface area contributed by atoms with E-state index in [1.165, 1.54) is 0 Å². The number of anilines is 2. The number of furan rings is 1. The van der Waals surface area contributed by atoms with Crippen LogP contribution in [0, 0.1) is 5.92 Å². The number of amides is 1. The minimum Gasteiger partial charge on any atom is -0.462 e. The van der Waals surface area contributed by atoms with Crippen LogP contribution >= 0.6 is 0 Å². The van der Waals surface area contributed by atoms with Crippen LogP contribution in [0.1, 0.15) is 41.7 Å². The lowest BCUT2D eigenvalue weighted by molar-refractivity contribution is 0.0785. The van der Waals surface area contributed by atoms with Crippen molar-refractivity contribution < 1.29 is 14.3 Å². The van der Waals surface area contributed by atoms with E-state index in [9.17, 15) is 9.90 Å². The summed E-state index contributed by atoms with van der Waals surface area (Å²) in [6.07, 6.45) is 6.68. The van der Waals surface area contributed by atoms with E-state index < -0.39 is 6.10 Å². The lowest BCUT2D eigenvalue weighted by atomic mass is 9.90. The van der Waals surface area contributed by atoms with Crippen molar-refractivity contribution in [3.8, 4) is 0 Å². The van der Waals surface area contributed by atoms with Crippen molar-refractivity contribution in [3.05, 3.63) is 48.1 Å². The van der Waals surface area contributed by atoms with Crippen LogP contribution in [-0.2, 0) is 0 Å². The summed E-state index contributed by atoms with van der Waals surface area (Å²) in [7, 11) is 2.14. The Labute approximate surface area is 199 Å². The number of carbonyl (C=O) groups excluding carboxylic acids is 1. The summed E-state index contributed by atoms with van der Waals surface area (Å²) in [5.41, 5.74) is 10.4. The van der Waals surface area contributed by atoms with Crippen LogP contribution in [0.25, 0.3) is 11.1 Å². The summed E-state index contributed by atoms with van der Waals surface area (Å²) < 4.78 is 5.75. The number of aliphatic hydroxyl groups is 1. The average Bonchev–Trinajstić information content (AvgIpc) is 3.26. The van der Waals surface area contributed by atoms with E-state index in [0.29, 0.717) is 36.0 Å². The van der Waals surface area contributed by atoms with Crippen molar-refractivity contribution in [2.45, 2.75) is 37.8 Å². The highest BCUT2D eigenvalue weighted by Crippen LogP contribution is 2.34. The van der Waals surface area contributed by atoms with E-state index >= 15 is 0 Å². The van der Waals surface area contributed by atoms with Gasteiger partial charge in [-0.05, 0) is 57.1 Å². The molecule has 180 valence electrons. The first-order valence-corrected chi connectivity index (χ1v) is 11.9. The molecule has 3 unspecified atom stereocenters. The van der Waals surface area contributed by atoms with E-state index in [0.717, 1.165) is 42.7 Å². The third-order valence-electron chi connectivity index (χ3n) is 7.18. The number of hydrogen-bond donors (Lipinski definition) is 3. The highest BCUT2D eigenvalue weighted by molar-refractivity contribution is 6.05. The van der Waals surface area contributed by atoms with Gasteiger partial charge in [0.15, 0.2) is 5.58 Å². The molecule has 3 atom stereocenters. The van der Waals surface area contributed by atoms with Gasteiger partial charge in [0, 0.05) is 36.8 Å². The van der Waals surface area contributed by atoms with Crippen LogP contribution < -0.4 is 16.0 Å². The third-order valence-corrected chi connectivity index (χ3v) is 7.18. The molecule has 3 aromatic heterocycles. The van der Waals surface area contributed by atoms with E-state index in [2.05, 4.69) is 27.1 Å². The van der Waals surface area contributed by atoms with Gasteiger partial charge in [0.2, 0.25) is 0 Å². The van der Waals surface area contributed by atoms with Crippen LogP contribution in [0.3, 0.4) is 0 Å². The van der Waals surface area contributed by atoms with Crippen LogP contribution in [-0.4, -0.2) is 71.3 Å². The third kappa shape index (κ3) is 4.38. The predicted molar refractivity (Wildman–Crippen MR) is 131 cm³/mol. The molecule has 0 spiro atoms. The fourth-order valence-corrected chi connectivity index (χ4v) is 5.12. The number of aromatic nitrogens is 2. The number of piperidine rings is 2. The highest BCUT2D eigenvalue weighted by Gasteiger charge is 2.32. The first-order chi connectivity index (χ1) is 16.4. The van der Waals surface area contributed by atoms with E-state index in [4.69, 9.17) is 15.1 Å². The number of aliphatic hydroxyl groups excluding tert-OH is 1. The molecule has 9 nitrogen and oxygen atoms in total. The number of rotatable bonds is 4. The summed E-state index contributed by atoms with van der Waals surface area (Å²) in [5, 5.41) is 13.2. The van der Waals surface area contributed by atoms with Gasteiger partial charge in [-0.1, -0.05) is 6.92 Å². The molecule has 5 rings (SSSR count).